The molecular formula is C18H17ClF4N2O. The predicted octanol–water partition coefficient (Wildman–Crippen LogP) is 3.54. The summed E-state index contributed by atoms with van der Waals surface area (Å²) >= 11 is 0. The molecule has 0 aromatic heterocycles. The first kappa shape index (κ1) is 20.2. The number of carbonyl (C=O) groups is 1. The van der Waals surface area contributed by atoms with E-state index in [1.165, 1.54) is 6.07 Å². The van der Waals surface area contributed by atoms with Crippen LogP contribution in [0.3, 0.4) is 0 Å². The van der Waals surface area contributed by atoms with E-state index in [0.717, 1.165) is 30.3 Å². The Balaban J connectivity index is 0.00000243. The summed E-state index contributed by atoms with van der Waals surface area (Å²) in [7, 11) is 0. The van der Waals surface area contributed by atoms with E-state index in [-0.39, 0.29) is 18.3 Å². The highest BCUT2D eigenvalue weighted by Gasteiger charge is 2.29. The van der Waals surface area contributed by atoms with Crippen LogP contribution in [0, 0.1) is 23.3 Å². The van der Waals surface area contributed by atoms with E-state index in [9.17, 15) is 22.4 Å². The van der Waals surface area contributed by atoms with Crippen molar-refractivity contribution in [1.29, 1.82) is 0 Å². The summed E-state index contributed by atoms with van der Waals surface area (Å²) in [6.45, 7) is 1.02. The molecule has 1 saturated heterocycles. The van der Waals surface area contributed by atoms with Crippen molar-refractivity contribution in [2.75, 3.05) is 13.1 Å². The average molecular weight is 389 g/mol. The molecule has 3 rings (SSSR count). The van der Waals surface area contributed by atoms with Crippen LogP contribution in [0.5, 0.6) is 0 Å². The molecule has 0 aliphatic carbocycles. The second kappa shape index (κ2) is 8.51. The van der Waals surface area contributed by atoms with Crippen LogP contribution < -0.4 is 10.6 Å². The summed E-state index contributed by atoms with van der Waals surface area (Å²) in [6, 6.07) is 5.79. The largest absolute Gasteiger partial charge is 0.347 e. The number of rotatable bonds is 3. The fourth-order valence-electron chi connectivity index (χ4n) is 3.07. The molecule has 1 amide bonds. The van der Waals surface area contributed by atoms with Gasteiger partial charge >= 0.3 is 0 Å². The summed E-state index contributed by atoms with van der Waals surface area (Å²) in [5.74, 6) is -4.47. The monoisotopic (exact) mass is 388 g/mol. The standard InChI is InChI=1S/C18H16F4N2O.ClH/c19-11-2-4-14(20)13(8-11)18(25)24-17-9-23-6-5-12(17)10-1-3-15(21)16(22)7-10;/h1-4,7-8,12,17,23H,5-6,9H2,(H,24,25);1H. The average Bonchev–Trinajstić information content (AvgIpc) is 2.60. The van der Waals surface area contributed by atoms with E-state index in [2.05, 4.69) is 10.6 Å². The molecule has 1 aliphatic rings. The molecule has 0 bridgehead atoms. The van der Waals surface area contributed by atoms with Gasteiger partial charge in [0, 0.05) is 18.5 Å². The lowest BCUT2D eigenvalue weighted by Crippen LogP contribution is -2.50. The molecule has 2 unspecified atom stereocenters. The zero-order valence-corrected chi connectivity index (χ0v) is 14.4. The molecule has 0 spiro atoms. The third-order valence-electron chi connectivity index (χ3n) is 4.34. The van der Waals surface area contributed by atoms with Crippen molar-refractivity contribution in [1.82, 2.24) is 10.6 Å². The summed E-state index contributed by atoms with van der Waals surface area (Å²) in [6.07, 6.45) is 0.585. The normalized spacial score (nSPS) is 19.5. The highest BCUT2D eigenvalue weighted by atomic mass is 35.5. The van der Waals surface area contributed by atoms with Crippen LogP contribution in [-0.4, -0.2) is 25.0 Å². The number of amides is 1. The van der Waals surface area contributed by atoms with E-state index in [0.29, 0.717) is 25.1 Å². The second-order valence-electron chi connectivity index (χ2n) is 5.98. The first-order valence-electron chi connectivity index (χ1n) is 7.87. The molecule has 1 fully saturated rings. The van der Waals surface area contributed by atoms with Gasteiger partial charge in [0.1, 0.15) is 11.6 Å². The van der Waals surface area contributed by atoms with Crippen molar-refractivity contribution in [3.8, 4) is 0 Å². The number of carbonyl (C=O) groups excluding carboxylic acids is 1. The molecule has 140 valence electrons. The lowest BCUT2D eigenvalue weighted by molar-refractivity contribution is 0.0920. The Morgan fingerprint density at radius 2 is 1.73 bits per heavy atom. The van der Waals surface area contributed by atoms with Crippen LogP contribution in [0.4, 0.5) is 17.6 Å². The third kappa shape index (κ3) is 4.34. The molecule has 2 aromatic carbocycles. The molecule has 2 atom stereocenters. The topological polar surface area (TPSA) is 41.1 Å². The summed E-state index contributed by atoms with van der Waals surface area (Å²) in [5, 5.41) is 5.75. The Morgan fingerprint density at radius 3 is 2.46 bits per heavy atom. The van der Waals surface area contributed by atoms with Gasteiger partial charge in [0.05, 0.1) is 5.56 Å². The first-order valence-corrected chi connectivity index (χ1v) is 7.87. The maximum Gasteiger partial charge on any atom is 0.254 e. The van der Waals surface area contributed by atoms with E-state index >= 15 is 0 Å². The Labute approximate surface area is 154 Å². The molecular weight excluding hydrogens is 372 g/mol. The van der Waals surface area contributed by atoms with Crippen molar-refractivity contribution in [3.63, 3.8) is 0 Å². The van der Waals surface area contributed by atoms with E-state index < -0.39 is 40.8 Å². The van der Waals surface area contributed by atoms with Crippen molar-refractivity contribution in [2.45, 2.75) is 18.4 Å². The zero-order valence-electron chi connectivity index (χ0n) is 13.6. The maximum atomic E-state index is 13.8. The third-order valence-corrected chi connectivity index (χ3v) is 4.34. The minimum absolute atomic E-state index is 0. The Kier molecular flexibility index (Phi) is 6.61. The Morgan fingerprint density at radius 1 is 1.00 bits per heavy atom. The van der Waals surface area contributed by atoms with E-state index in [1.54, 1.807) is 0 Å². The van der Waals surface area contributed by atoms with E-state index in [1.807, 2.05) is 0 Å². The number of nitrogens with one attached hydrogen (secondary N) is 2. The van der Waals surface area contributed by atoms with Crippen molar-refractivity contribution >= 4 is 18.3 Å². The van der Waals surface area contributed by atoms with Crippen LogP contribution in [0.2, 0.25) is 0 Å². The smallest absolute Gasteiger partial charge is 0.254 e. The minimum atomic E-state index is -0.961. The van der Waals surface area contributed by atoms with Gasteiger partial charge in [-0.2, -0.15) is 0 Å². The quantitative estimate of drug-likeness (QED) is 0.790. The fourth-order valence-corrected chi connectivity index (χ4v) is 3.07. The maximum absolute atomic E-state index is 13.8. The van der Waals surface area contributed by atoms with Gasteiger partial charge in [-0.05, 0) is 48.9 Å². The molecule has 0 radical (unpaired) electrons. The SMILES string of the molecule is Cl.O=C(NC1CNCCC1c1ccc(F)c(F)c1)c1cc(F)ccc1F. The lowest BCUT2D eigenvalue weighted by Gasteiger charge is -2.33. The molecule has 1 heterocycles. The molecule has 0 saturated carbocycles. The number of hydrogen-bond donors (Lipinski definition) is 2. The van der Waals surface area contributed by atoms with Gasteiger partial charge in [0.25, 0.3) is 5.91 Å². The van der Waals surface area contributed by atoms with E-state index in [4.69, 9.17) is 0 Å². The van der Waals surface area contributed by atoms with Crippen molar-refractivity contribution < 1.29 is 22.4 Å². The van der Waals surface area contributed by atoms with Gasteiger partial charge in [0.15, 0.2) is 11.6 Å². The molecule has 8 heteroatoms. The highest BCUT2D eigenvalue weighted by Crippen LogP contribution is 2.27. The van der Waals surface area contributed by atoms with Crippen LogP contribution in [0.15, 0.2) is 36.4 Å². The van der Waals surface area contributed by atoms with Crippen LogP contribution >= 0.6 is 12.4 Å². The predicted molar refractivity (Wildman–Crippen MR) is 91.4 cm³/mol. The van der Waals surface area contributed by atoms with Gasteiger partial charge < -0.3 is 10.6 Å². The van der Waals surface area contributed by atoms with Gasteiger partial charge in [-0.15, -0.1) is 12.4 Å². The van der Waals surface area contributed by atoms with Gasteiger partial charge in [-0.1, -0.05) is 6.07 Å². The molecule has 3 nitrogen and oxygen atoms in total. The van der Waals surface area contributed by atoms with Crippen LogP contribution in [0.1, 0.15) is 28.3 Å². The summed E-state index contributed by atoms with van der Waals surface area (Å²) < 4.78 is 53.7. The second-order valence-corrected chi connectivity index (χ2v) is 5.98. The fraction of sp³-hybridized carbons (Fsp3) is 0.278. The van der Waals surface area contributed by atoms with Crippen LogP contribution in [-0.2, 0) is 0 Å². The summed E-state index contributed by atoms with van der Waals surface area (Å²) in [4.78, 5) is 12.3. The van der Waals surface area contributed by atoms with Crippen molar-refractivity contribution in [2.24, 2.45) is 0 Å². The highest BCUT2D eigenvalue weighted by molar-refractivity contribution is 5.94. The van der Waals surface area contributed by atoms with Crippen LogP contribution in [0.25, 0.3) is 0 Å². The van der Waals surface area contributed by atoms with Gasteiger partial charge in [-0.25, -0.2) is 17.6 Å². The molecule has 26 heavy (non-hydrogen) atoms. The number of benzene rings is 2. The summed E-state index contributed by atoms with van der Waals surface area (Å²) in [5.41, 5.74) is 0.153. The number of piperidine rings is 1. The first-order chi connectivity index (χ1) is 12.0. The Hall–Kier alpha value is -2.12. The lowest BCUT2D eigenvalue weighted by atomic mass is 9.85. The molecule has 2 aromatic rings. The number of hydrogen-bond acceptors (Lipinski definition) is 2. The zero-order chi connectivity index (χ0) is 18.0. The Bertz CT molecular complexity index is 803. The van der Waals surface area contributed by atoms with Crippen molar-refractivity contribution in [3.05, 3.63) is 70.8 Å². The number of halogens is 5. The van der Waals surface area contributed by atoms with Gasteiger partial charge in [0.2, 0.25) is 0 Å². The minimum Gasteiger partial charge on any atom is -0.347 e. The molecule has 1 aliphatic heterocycles. The van der Waals surface area contributed by atoms with Gasteiger partial charge in [-0.3, -0.25) is 4.79 Å². The molecule has 2 N–H and O–H groups in total.